The summed E-state index contributed by atoms with van der Waals surface area (Å²) in [5.41, 5.74) is 0.681. The summed E-state index contributed by atoms with van der Waals surface area (Å²) in [6.07, 6.45) is 2.43. The standard InChI is InChI=1S/C15H22N2O4/c1-10(2)5-6-16-14(19)9-21-15(20)13-7-12(11(3)18)8-17(13)4/h7-8,10H,5-6,9H2,1-4H3,(H,16,19). The normalized spacial score (nSPS) is 10.5. The molecule has 0 unspecified atom stereocenters. The highest BCUT2D eigenvalue weighted by molar-refractivity contribution is 5.98. The van der Waals surface area contributed by atoms with Crippen molar-refractivity contribution in [3.05, 3.63) is 23.5 Å². The fraction of sp³-hybridized carbons (Fsp3) is 0.533. The number of nitrogens with one attached hydrogen (secondary N) is 1. The Morgan fingerprint density at radius 3 is 2.52 bits per heavy atom. The van der Waals surface area contributed by atoms with Crippen LogP contribution in [-0.4, -0.2) is 35.4 Å². The number of carbonyl (C=O) groups excluding carboxylic acids is 3. The van der Waals surface area contributed by atoms with Crippen LogP contribution in [0.25, 0.3) is 0 Å². The molecule has 0 fully saturated rings. The molecule has 0 aromatic carbocycles. The number of hydrogen-bond acceptors (Lipinski definition) is 4. The topological polar surface area (TPSA) is 77.4 Å². The molecule has 1 rings (SSSR count). The molecule has 1 aromatic rings. The molecule has 0 radical (unpaired) electrons. The van der Waals surface area contributed by atoms with E-state index in [1.807, 2.05) is 0 Å². The first-order chi connectivity index (χ1) is 9.81. The van der Waals surface area contributed by atoms with Crippen LogP contribution >= 0.6 is 0 Å². The third-order valence-corrected chi connectivity index (χ3v) is 3.00. The van der Waals surface area contributed by atoms with Crippen LogP contribution in [0.1, 0.15) is 48.0 Å². The van der Waals surface area contributed by atoms with Crippen LogP contribution < -0.4 is 5.32 Å². The Morgan fingerprint density at radius 1 is 1.33 bits per heavy atom. The Kier molecular flexibility index (Phi) is 6.14. The highest BCUT2D eigenvalue weighted by atomic mass is 16.5. The van der Waals surface area contributed by atoms with E-state index in [9.17, 15) is 14.4 Å². The summed E-state index contributed by atoms with van der Waals surface area (Å²) < 4.78 is 6.45. The highest BCUT2D eigenvalue weighted by Crippen LogP contribution is 2.09. The van der Waals surface area contributed by atoms with Gasteiger partial charge in [-0.05, 0) is 25.3 Å². The first-order valence-electron chi connectivity index (χ1n) is 6.92. The van der Waals surface area contributed by atoms with Gasteiger partial charge in [0.25, 0.3) is 5.91 Å². The second-order valence-electron chi connectivity index (χ2n) is 5.39. The van der Waals surface area contributed by atoms with Gasteiger partial charge in [0.1, 0.15) is 5.69 Å². The summed E-state index contributed by atoms with van der Waals surface area (Å²) in [6.45, 7) is 5.79. The van der Waals surface area contributed by atoms with Gasteiger partial charge in [0, 0.05) is 25.4 Å². The number of ketones is 1. The Labute approximate surface area is 124 Å². The molecule has 1 N–H and O–H groups in total. The molecule has 0 saturated heterocycles. The number of amides is 1. The second-order valence-corrected chi connectivity index (χ2v) is 5.39. The minimum Gasteiger partial charge on any atom is -0.451 e. The van der Waals surface area contributed by atoms with Crippen molar-refractivity contribution in [2.45, 2.75) is 27.2 Å². The average molecular weight is 294 g/mol. The summed E-state index contributed by atoms with van der Waals surface area (Å²) in [6, 6.07) is 1.46. The number of carbonyl (C=O) groups is 3. The van der Waals surface area contributed by atoms with Crippen molar-refractivity contribution in [1.29, 1.82) is 0 Å². The van der Waals surface area contributed by atoms with E-state index in [1.165, 1.54) is 17.6 Å². The van der Waals surface area contributed by atoms with Crippen LogP contribution in [0.3, 0.4) is 0 Å². The van der Waals surface area contributed by atoms with Gasteiger partial charge in [0.15, 0.2) is 12.4 Å². The SMILES string of the molecule is CC(=O)c1cc(C(=O)OCC(=O)NCCC(C)C)n(C)c1. The summed E-state index contributed by atoms with van der Waals surface area (Å²) in [5.74, 6) is -0.577. The molecule has 21 heavy (non-hydrogen) atoms. The molecular weight excluding hydrogens is 272 g/mol. The van der Waals surface area contributed by atoms with Crippen molar-refractivity contribution in [3.8, 4) is 0 Å². The number of hydrogen-bond donors (Lipinski definition) is 1. The Hall–Kier alpha value is -2.11. The zero-order valence-corrected chi connectivity index (χ0v) is 12.9. The molecule has 0 atom stereocenters. The van der Waals surface area contributed by atoms with Gasteiger partial charge >= 0.3 is 5.97 Å². The quantitative estimate of drug-likeness (QED) is 0.611. The van der Waals surface area contributed by atoms with E-state index in [-0.39, 0.29) is 24.0 Å². The van der Waals surface area contributed by atoms with Crippen molar-refractivity contribution >= 4 is 17.7 Å². The van der Waals surface area contributed by atoms with E-state index in [0.29, 0.717) is 18.0 Å². The van der Waals surface area contributed by atoms with Crippen molar-refractivity contribution in [2.75, 3.05) is 13.2 Å². The van der Waals surface area contributed by atoms with Gasteiger partial charge in [-0.25, -0.2) is 4.79 Å². The number of aromatic nitrogens is 1. The first kappa shape index (κ1) is 16.9. The molecule has 0 aliphatic carbocycles. The Morgan fingerprint density at radius 2 is 2.00 bits per heavy atom. The fourth-order valence-corrected chi connectivity index (χ4v) is 1.72. The zero-order chi connectivity index (χ0) is 16.0. The summed E-state index contributed by atoms with van der Waals surface area (Å²) >= 11 is 0. The number of rotatable bonds is 7. The molecule has 1 aromatic heterocycles. The van der Waals surface area contributed by atoms with E-state index in [1.54, 1.807) is 13.2 Å². The average Bonchev–Trinajstić information content (AvgIpc) is 2.78. The summed E-state index contributed by atoms with van der Waals surface area (Å²) in [5, 5.41) is 2.68. The van der Waals surface area contributed by atoms with Crippen LogP contribution in [0.5, 0.6) is 0 Å². The highest BCUT2D eigenvalue weighted by Gasteiger charge is 2.16. The van der Waals surface area contributed by atoms with Gasteiger partial charge in [-0.2, -0.15) is 0 Å². The molecule has 0 aliphatic rings. The number of aryl methyl sites for hydroxylation is 1. The van der Waals surface area contributed by atoms with Crippen LogP contribution in [0.2, 0.25) is 0 Å². The molecule has 1 heterocycles. The minimum absolute atomic E-state index is 0.129. The maximum absolute atomic E-state index is 11.9. The molecule has 6 nitrogen and oxygen atoms in total. The molecular formula is C15H22N2O4. The van der Waals surface area contributed by atoms with E-state index in [0.717, 1.165) is 6.42 Å². The lowest BCUT2D eigenvalue weighted by atomic mass is 10.1. The molecule has 0 aliphatic heterocycles. The predicted octanol–water partition coefficient (Wildman–Crippen LogP) is 1.55. The summed E-state index contributed by atoms with van der Waals surface area (Å²) in [7, 11) is 1.64. The van der Waals surface area contributed by atoms with Gasteiger partial charge in [-0.1, -0.05) is 13.8 Å². The molecule has 1 amide bonds. The summed E-state index contributed by atoms with van der Waals surface area (Å²) in [4.78, 5) is 34.6. The van der Waals surface area contributed by atoms with Crippen LogP contribution in [-0.2, 0) is 16.6 Å². The number of esters is 1. The number of ether oxygens (including phenoxy) is 1. The lowest BCUT2D eigenvalue weighted by molar-refractivity contribution is -0.124. The molecule has 0 bridgehead atoms. The van der Waals surface area contributed by atoms with E-state index in [4.69, 9.17) is 4.74 Å². The first-order valence-corrected chi connectivity index (χ1v) is 6.92. The maximum Gasteiger partial charge on any atom is 0.355 e. The predicted molar refractivity (Wildman–Crippen MR) is 78.2 cm³/mol. The van der Waals surface area contributed by atoms with Crippen LogP contribution in [0.15, 0.2) is 12.3 Å². The number of Topliss-reactive ketones (excluding diaryl/α,β-unsaturated/α-hetero) is 1. The third kappa shape index (κ3) is 5.41. The monoisotopic (exact) mass is 294 g/mol. The van der Waals surface area contributed by atoms with Gasteiger partial charge < -0.3 is 14.6 Å². The van der Waals surface area contributed by atoms with Crippen molar-refractivity contribution in [2.24, 2.45) is 13.0 Å². The fourth-order valence-electron chi connectivity index (χ4n) is 1.72. The van der Waals surface area contributed by atoms with Crippen molar-refractivity contribution < 1.29 is 19.1 Å². The van der Waals surface area contributed by atoms with E-state index in [2.05, 4.69) is 19.2 Å². The van der Waals surface area contributed by atoms with Crippen molar-refractivity contribution in [1.82, 2.24) is 9.88 Å². The third-order valence-electron chi connectivity index (χ3n) is 3.00. The zero-order valence-electron chi connectivity index (χ0n) is 12.9. The van der Waals surface area contributed by atoms with Gasteiger partial charge in [-0.3, -0.25) is 9.59 Å². The molecule has 0 saturated carbocycles. The second kappa shape index (κ2) is 7.61. The lowest BCUT2D eigenvalue weighted by Gasteiger charge is -2.08. The van der Waals surface area contributed by atoms with Gasteiger partial charge in [0.2, 0.25) is 0 Å². The van der Waals surface area contributed by atoms with Crippen molar-refractivity contribution in [3.63, 3.8) is 0 Å². The lowest BCUT2D eigenvalue weighted by Crippen LogP contribution is -2.30. The molecule has 0 spiro atoms. The Bertz CT molecular complexity index is 532. The molecule has 116 valence electrons. The van der Waals surface area contributed by atoms with Gasteiger partial charge in [-0.15, -0.1) is 0 Å². The molecule has 6 heteroatoms. The largest absolute Gasteiger partial charge is 0.451 e. The van der Waals surface area contributed by atoms with E-state index < -0.39 is 5.97 Å². The maximum atomic E-state index is 11.9. The van der Waals surface area contributed by atoms with Crippen LogP contribution in [0, 0.1) is 5.92 Å². The van der Waals surface area contributed by atoms with E-state index >= 15 is 0 Å². The smallest absolute Gasteiger partial charge is 0.355 e. The number of nitrogens with zero attached hydrogens (tertiary/aromatic N) is 1. The van der Waals surface area contributed by atoms with Gasteiger partial charge in [0.05, 0.1) is 0 Å². The van der Waals surface area contributed by atoms with Crippen LogP contribution in [0.4, 0.5) is 0 Å². The Balaban J connectivity index is 2.47. The minimum atomic E-state index is -0.621.